The van der Waals surface area contributed by atoms with Crippen LogP contribution in [0.2, 0.25) is 0 Å². The van der Waals surface area contributed by atoms with E-state index in [1.165, 1.54) is 12.8 Å². The molecule has 0 aromatic carbocycles. The van der Waals surface area contributed by atoms with Crippen molar-refractivity contribution in [1.29, 1.82) is 0 Å². The van der Waals surface area contributed by atoms with Crippen molar-refractivity contribution < 1.29 is 4.42 Å². The zero-order valence-corrected chi connectivity index (χ0v) is 7.70. The molecule has 1 saturated heterocycles. The van der Waals surface area contributed by atoms with Crippen LogP contribution in [0.4, 0.5) is 6.01 Å². The average Bonchev–Trinajstić information content (AvgIpc) is 2.70. The van der Waals surface area contributed by atoms with E-state index in [9.17, 15) is 0 Å². The second-order valence-electron chi connectivity index (χ2n) is 3.34. The van der Waals surface area contributed by atoms with E-state index in [0.717, 1.165) is 31.3 Å². The Hall–Kier alpha value is -1.03. The van der Waals surface area contributed by atoms with Gasteiger partial charge in [0.1, 0.15) is 5.76 Å². The molecule has 0 saturated carbocycles. The second kappa shape index (κ2) is 3.79. The molecule has 2 N–H and O–H groups in total. The Labute approximate surface area is 77.7 Å². The summed E-state index contributed by atoms with van der Waals surface area (Å²) in [7, 11) is 0. The maximum atomic E-state index is 5.54. The summed E-state index contributed by atoms with van der Waals surface area (Å²) in [5.74, 6) is 0.893. The van der Waals surface area contributed by atoms with Crippen LogP contribution in [0, 0.1) is 0 Å². The lowest BCUT2D eigenvalue weighted by molar-refractivity contribution is 0.500. The molecule has 13 heavy (non-hydrogen) atoms. The first-order valence-electron chi connectivity index (χ1n) is 4.80. The van der Waals surface area contributed by atoms with E-state index in [1.807, 2.05) is 0 Å². The van der Waals surface area contributed by atoms with Crippen LogP contribution in [-0.2, 0) is 6.42 Å². The molecular weight excluding hydrogens is 166 g/mol. The van der Waals surface area contributed by atoms with Crippen LogP contribution in [0.5, 0.6) is 0 Å². The SMILES string of the molecule is NCCc1cnc(N2CCCC2)o1. The third-order valence-electron chi connectivity index (χ3n) is 2.31. The number of hydrogen-bond acceptors (Lipinski definition) is 4. The van der Waals surface area contributed by atoms with E-state index in [0.29, 0.717) is 6.54 Å². The van der Waals surface area contributed by atoms with Gasteiger partial charge >= 0.3 is 0 Å². The topological polar surface area (TPSA) is 55.3 Å². The lowest BCUT2D eigenvalue weighted by Crippen LogP contribution is -2.17. The van der Waals surface area contributed by atoms with Crippen LogP contribution < -0.4 is 10.6 Å². The third-order valence-corrected chi connectivity index (χ3v) is 2.31. The van der Waals surface area contributed by atoms with Gasteiger partial charge in [0.2, 0.25) is 0 Å². The molecule has 72 valence electrons. The first-order valence-corrected chi connectivity index (χ1v) is 4.80. The molecule has 4 nitrogen and oxygen atoms in total. The van der Waals surface area contributed by atoms with Gasteiger partial charge in [-0.1, -0.05) is 0 Å². The lowest BCUT2D eigenvalue weighted by Gasteiger charge is -2.10. The van der Waals surface area contributed by atoms with Crippen LogP contribution in [0.25, 0.3) is 0 Å². The van der Waals surface area contributed by atoms with Gasteiger partial charge in [0.15, 0.2) is 0 Å². The minimum atomic E-state index is 0.620. The fourth-order valence-corrected chi connectivity index (χ4v) is 1.61. The molecule has 4 heteroatoms. The Morgan fingerprint density at radius 1 is 1.46 bits per heavy atom. The molecule has 0 bridgehead atoms. The summed E-state index contributed by atoms with van der Waals surface area (Å²) in [6.07, 6.45) is 5.05. The molecule has 0 aliphatic carbocycles. The molecule has 0 radical (unpaired) electrons. The van der Waals surface area contributed by atoms with Crippen molar-refractivity contribution in [3.63, 3.8) is 0 Å². The number of nitrogens with zero attached hydrogens (tertiary/aromatic N) is 2. The monoisotopic (exact) mass is 181 g/mol. The van der Waals surface area contributed by atoms with E-state index < -0.39 is 0 Å². The van der Waals surface area contributed by atoms with Gasteiger partial charge in [-0.25, -0.2) is 4.98 Å². The van der Waals surface area contributed by atoms with Gasteiger partial charge in [0, 0.05) is 19.5 Å². The minimum Gasteiger partial charge on any atom is -0.429 e. The summed E-state index contributed by atoms with van der Waals surface area (Å²) in [5, 5.41) is 0. The highest BCUT2D eigenvalue weighted by Gasteiger charge is 2.16. The van der Waals surface area contributed by atoms with Gasteiger partial charge in [-0.15, -0.1) is 0 Å². The van der Waals surface area contributed by atoms with Gasteiger partial charge in [0.05, 0.1) is 6.20 Å². The van der Waals surface area contributed by atoms with Gasteiger partial charge in [0.25, 0.3) is 6.01 Å². The van der Waals surface area contributed by atoms with Gasteiger partial charge < -0.3 is 15.1 Å². The molecular formula is C9H15N3O. The van der Waals surface area contributed by atoms with Crippen LogP contribution in [0.15, 0.2) is 10.6 Å². The summed E-state index contributed by atoms with van der Waals surface area (Å²) in [4.78, 5) is 6.40. The van der Waals surface area contributed by atoms with Crippen LogP contribution >= 0.6 is 0 Å². The van der Waals surface area contributed by atoms with E-state index in [4.69, 9.17) is 10.2 Å². The fourth-order valence-electron chi connectivity index (χ4n) is 1.61. The normalized spacial score (nSPS) is 16.8. The summed E-state index contributed by atoms with van der Waals surface area (Å²) in [6, 6.07) is 0.765. The first-order chi connectivity index (χ1) is 6.40. The highest BCUT2D eigenvalue weighted by atomic mass is 16.4. The van der Waals surface area contributed by atoms with E-state index >= 15 is 0 Å². The van der Waals surface area contributed by atoms with E-state index in [-0.39, 0.29) is 0 Å². The molecule has 0 atom stereocenters. The standard InChI is InChI=1S/C9H15N3O/c10-4-3-8-7-11-9(13-8)12-5-1-2-6-12/h7H,1-6,10H2. The van der Waals surface area contributed by atoms with Crippen molar-refractivity contribution in [3.05, 3.63) is 12.0 Å². The predicted molar refractivity (Wildman–Crippen MR) is 50.7 cm³/mol. The molecule has 1 aromatic heterocycles. The van der Waals surface area contributed by atoms with Crippen molar-refractivity contribution in [2.45, 2.75) is 19.3 Å². The first kappa shape index (κ1) is 8.56. The van der Waals surface area contributed by atoms with Crippen molar-refractivity contribution in [2.24, 2.45) is 5.73 Å². The van der Waals surface area contributed by atoms with Crippen LogP contribution in [-0.4, -0.2) is 24.6 Å². The Bertz CT molecular complexity index is 266. The fraction of sp³-hybridized carbons (Fsp3) is 0.667. The minimum absolute atomic E-state index is 0.620. The largest absolute Gasteiger partial charge is 0.429 e. The van der Waals surface area contributed by atoms with Crippen molar-refractivity contribution in [3.8, 4) is 0 Å². The Balaban J connectivity index is 2.03. The van der Waals surface area contributed by atoms with Crippen LogP contribution in [0.1, 0.15) is 18.6 Å². The molecule has 0 spiro atoms. The predicted octanol–water partition coefficient (Wildman–Crippen LogP) is 0.776. The van der Waals surface area contributed by atoms with E-state index in [2.05, 4.69) is 9.88 Å². The van der Waals surface area contributed by atoms with Gasteiger partial charge in [-0.3, -0.25) is 0 Å². The number of nitrogens with two attached hydrogens (primary N) is 1. The number of aromatic nitrogens is 1. The summed E-state index contributed by atoms with van der Waals surface area (Å²) in [5.41, 5.74) is 5.42. The third kappa shape index (κ3) is 1.83. The number of oxazole rings is 1. The average molecular weight is 181 g/mol. The molecule has 1 aromatic rings. The van der Waals surface area contributed by atoms with Gasteiger partial charge in [-0.2, -0.15) is 0 Å². The Kier molecular flexibility index (Phi) is 2.49. The Morgan fingerprint density at radius 2 is 2.23 bits per heavy atom. The Morgan fingerprint density at radius 3 is 2.92 bits per heavy atom. The smallest absolute Gasteiger partial charge is 0.297 e. The molecule has 0 amide bonds. The lowest BCUT2D eigenvalue weighted by atomic mass is 10.4. The van der Waals surface area contributed by atoms with Crippen molar-refractivity contribution in [1.82, 2.24) is 4.98 Å². The quantitative estimate of drug-likeness (QED) is 0.748. The maximum absolute atomic E-state index is 5.54. The molecule has 1 aliphatic heterocycles. The molecule has 2 heterocycles. The van der Waals surface area contributed by atoms with Crippen molar-refractivity contribution >= 4 is 6.01 Å². The van der Waals surface area contributed by atoms with Crippen LogP contribution in [0.3, 0.4) is 0 Å². The van der Waals surface area contributed by atoms with Crippen molar-refractivity contribution in [2.75, 3.05) is 24.5 Å². The molecule has 0 unspecified atom stereocenters. The summed E-state index contributed by atoms with van der Waals surface area (Å²) in [6.45, 7) is 2.76. The zero-order valence-electron chi connectivity index (χ0n) is 7.70. The summed E-state index contributed by atoms with van der Waals surface area (Å²) < 4.78 is 5.54. The van der Waals surface area contributed by atoms with Gasteiger partial charge in [-0.05, 0) is 19.4 Å². The highest BCUT2D eigenvalue weighted by molar-refractivity contribution is 5.27. The highest BCUT2D eigenvalue weighted by Crippen LogP contribution is 2.19. The maximum Gasteiger partial charge on any atom is 0.297 e. The van der Waals surface area contributed by atoms with E-state index in [1.54, 1.807) is 6.20 Å². The number of rotatable bonds is 3. The molecule has 2 rings (SSSR count). The molecule has 1 aliphatic rings. The number of hydrogen-bond donors (Lipinski definition) is 1. The zero-order chi connectivity index (χ0) is 9.10. The second-order valence-corrected chi connectivity index (χ2v) is 3.34. The summed E-state index contributed by atoms with van der Waals surface area (Å²) >= 11 is 0. The molecule has 1 fully saturated rings. The number of anilines is 1.